The number of carbonyl (C=O) groups is 1. The average molecular weight is 347 g/mol. The van der Waals surface area contributed by atoms with E-state index in [9.17, 15) is 4.79 Å². The third kappa shape index (κ3) is 3.44. The third-order valence-electron chi connectivity index (χ3n) is 4.92. The van der Waals surface area contributed by atoms with Crippen LogP contribution in [0.1, 0.15) is 22.8 Å². The lowest BCUT2D eigenvalue weighted by Gasteiger charge is -2.20. The lowest BCUT2D eigenvalue weighted by Crippen LogP contribution is -2.29. The SMILES string of the molecule is CC(=O)c1ccc(N[C@@H]2COC[C@H]2Cc2ccnc3ccccc23)nc1. The number of anilines is 1. The fraction of sp³-hybridized carbons (Fsp3) is 0.286. The van der Waals surface area contributed by atoms with Gasteiger partial charge in [0.05, 0.1) is 24.8 Å². The lowest BCUT2D eigenvalue weighted by atomic mass is 9.93. The Morgan fingerprint density at radius 1 is 1.15 bits per heavy atom. The van der Waals surface area contributed by atoms with Gasteiger partial charge in [0.25, 0.3) is 0 Å². The summed E-state index contributed by atoms with van der Waals surface area (Å²) < 4.78 is 5.73. The summed E-state index contributed by atoms with van der Waals surface area (Å²) in [6.07, 6.45) is 4.41. The van der Waals surface area contributed by atoms with E-state index in [1.807, 2.05) is 24.4 Å². The Labute approximate surface area is 152 Å². The molecule has 1 N–H and O–H groups in total. The maximum Gasteiger partial charge on any atom is 0.161 e. The van der Waals surface area contributed by atoms with Gasteiger partial charge in [-0.15, -0.1) is 0 Å². The minimum atomic E-state index is 0.0238. The molecule has 0 unspecified atom stereocenters. The van der Waals surface area contributed by atoms with Crippen molar-refractivity contribution < 1.29 is 9.53 Å². The van der Waals surface area contributed by atoms with Crippen LogP contribution in [0.3, 0.4) is 0 Å². The summed E-state index contributed by atoms with van der Waals surface area (Å²) in [7, 11) is 0. The molecule has 0 aliphatic carbocycles. The van der Waals surface area contributed by atoms with Gasteiger partial charge in [-0.2, -0.15) is 0 Å². The van der Waals surface area contributed by atoms with Crippen LogP contribution < -0.4 is 5.32 Å². The van der Waals surface area contributed by atoms with Crippen molar-refractivity contribution in [3.8, 4) is 0 Å². The second-order valence-electron chi connectivity index (χ2n) is 6.73. The van der Waals surface area contributed by atoms with E-state index < -0.39 is 0 Å². The minimum Gasteiger partial charge on any atom is -0.379 e. The van der Waals surface area contributed by atoms with Crippen molar-refractivity contribution in [3.63, 3.8) is 0 Å². The van der Waals surface area contributed by atoms with Crippen LogP contribution in [0.2, 0.25) is 0 Å². The summed E-state index contributed by atoms with van der Waals surface area (Å²) in [5, 5.41) is 4.66. The Balaban J connectivity index is 1.50. The molecule has 0 radical (unpaired) electrons. The molecule has 1 aliphatic heterocycles. The fourth-order valence-corrected chi connectivity index (χ4v) is 3.45. The first-order valence-electron chi connectivity index (χ1n) is 8.84. The van der Waals surface area contributed by atoms with E-state index in [1.54, 1.807) is 19.2 Å². The normalized spacial score (nSPS) is 19.6. The largest absolute Gasteiger partial charge is 0.379 e. The van der Waals surface area contributed by atoms with Crippen LogP contribution in [0.5, 0.6) is 0 Å². The summed E-state index contributed by atoms with van der Waals surface area (Å²) in [5.41, 5.74) is 2.94. The first kappa shape index (κ1) is 16.7. The van der Waals surface area contributed by atoms with Gasteiger partial charge in [0.2, 0.25) is 0 Å². The number of nitrogens with one attached hydrogen (secondary N) is 1. The molecule has 26 heavy (non-hydrogen) atoms. The van der Waals surface area contributed by atoms with Crippen LogP contribution in [0.15, 0.2) is 54.9 Å². The molecule has 1 aliphatic rings. The Morgan fingerprint density at radius 3 is 2.85 bits per heavy atom. The van der Waals surface area contributed by atoms with Gasteiger partial charge in [-0.1, -0.05) is 18.2 Å². The quantitative estimate of drug-likeness (QED) is 0.716. The molecule has 4 rings (SSSR count). The van der Waals surface area contributed by atoms with Crippen molar-refractivity contribution in [2.45, 2.75) is 19.4 Å². The number of benzene rings is 1. The Kier molecular flexibility index (Phi) is 4.63. The average Bonchev–Trinajstić information content (AvgIpc) is 3.09. The molecule has 1 saturated heterocycles. The van der Waals surface area contributed by atoms with Gasteiger partial charge in [0.1, 0.15) is 5.82 Å². The predicted octanol–water partition coefficient (Wildman–Crippen LogP) is 3.50. The number of para-hydroxylation sites is 1. The van der Waals surface area contributed by atoms with Gasteiger partial charge in [-0.05, 0) is 43.2 Å². The molecule has 0 amide bonds. The van der Waals surface area contributed by atoms with E-state index in [4.69, 9.17) is 4.74 Å². The second-order valence-corrected chi connectivity index (χ2v) is 6.73. The van der Waals surface area contributed by atoms with Gasteiger partial charge >= 0.3 is 0 Å². The molecule has 2 atom stereocenters. The van der Waals surface area contributed by atoms with E-state index in [1.165, 1.54) is 10.9 Å². The summed E-state index contributed by atoms with van der Waals surface area (Å²) in [6, 6.07) is 14.2. The standard InChI is InChI=1S/C21H21N3O2/c1-14(25)16-6-7-21(23-11-16)24-20-13-26-12-17(20)10-15-8-9-22-19-5-3-2-4-18(15)19/h2-9,11,17,20H,10,12-13H2,1H3,(H,23,24)/t17-,20-/m1/s1. The van der Waals surface area contributed by atoms with E-state index in [0.717, 1.165) is 24.4 Å². The number of hydrogen-bond donors (Lipinski definition) is 1. The van der Waals surface area contributed by atoms with Crippen molar-refractivity contribution in [1.29, 1.82) is 0 Å². The third-order valence-corrected chi connectivity index (χ3v) is 4.92. The van der Waals surface area contributed by atoms with Crippen LogP contribution in [0.4, 0.5) is 5.82 Å². The fourth-order valence-electron chi connectivity index (χ4n) is 3.45. The minimum absolute atomic E-state index is 0.0238. The number of hydrogen-bond acceptors (Lipinski definition) is 5. The van der Waals surface area contributed by atoms with Crippen LogP contribution in [0, 0.1) is 5.92 Å². The summed E-state index contributed by atoms with van der Waals surface area (Å²) in [5.74, 6) is 1.15. The molecule has 5 nitrogen and oxygen atoms in total. The zero-order chi connectivity index (χ0) is 17.9. The molecule has 2 aromatic heterocycles. The van der Waals surface area contributed by atoms with Gasteiger partial charge in [0, 0.05) is 29.3 Å². The van der Waals surface area contributed by atoms with Gasteiger partial charge in [0.15, 0.2) is 5.78 Å². The highest BCUT2D eigenvalue weighted by Crippen LogP contribution is 2.25. The molecule has 3 aromatic rings. The Bertz CT molecular complexity index is 919. The molecule has 0 saturated carbocycles. The maximum atomic E-state index is 11.4. The number of aromatic nitrogens is 2. The van der Waals surface area contributed by atoms with Crippen molar-refractivity contribution >= 4 is 22.5 Å². The topological polar surface area (TPSA) is 64.1 Å². The Morgan fingerprint density at radius 2 is 2.04 bits per heavy atom. The van der Waals surface area contributed by atoms with Crippen molar-refractivity contribution in [3.05, 3.63) is 66.0 Å². The van der Waals surface area contributed by atoms with Gasteiger partial charge < -0.3 is 10.1 Å². The zero-order valence-corrected chi connectivity index (χ0v) is 14.7. The lowest BCUT2D eigenvalue weighted by molar-refractivity contribution is 0.101. The maximum absolute atomic E-state index is 11.4. The van der Waals surface area contributed by atoms with E-state index in [2.05, 4.69) is 33.5 Å². The highest BCUT2D eigenvalue weighted by Gasteiger charge is 2.29. The Hall–Kier alpha value is -2.79. The predicted molar refractivity (Wildman–Crippen MR) is 101 cm³/mol. The highest BCUT2D eigenvalue weighted by atomic mass is 16.5. The van der Waals surface area contributed by atoms with E-state index >= 15 is 0 Å². The molecule has 132 valence electrons. The van der Waals surface area contributed by atoms with Crippen LogP contribution in [-0.4, -0.2) is 35.0 Å². The molecule has 1 aromatic carbocycles. The summed E-state index contributed by atoms with van der Waals surface area (Å²) >= 11 is 0. The number of Topliss-reactive ketones (excluding diaryl/α,β-unsaturated/α-hetero) is 1. The molecule has 3 heterocycles. The van der Waals surface area contributed by atoms with Crippen molar-refractivity contribution in [1.82, 2.24) is 9.97 Å². The zero-order valence-electron chi connectivity index (χ0n) is 14.7. The highest BCUT2D eigenvalue weighted by molar-refractivity contribution is 5.93. The van der Waals surface area contributed by atoms with E-state index in [0.29, 0.717) is 18.1 Å². The molecule has 5 heteroatoms. The number of nitrogens with zero attached hydrogens (tertiary/aromatic N) is 2. The molecular weight excluding hydrogens is 326 g/mol. The number of ketones is 1. The second kappa shape index (κ2) is 7.22. The molecule has 0 bridgehead atoms. The number of fused-ring (bicyclic) bond motifs is 1. The first-order chi connectivity index (χ1) is 12.7. The number of pyridine rings is 2. The van der Waals surface area contributed by atoms with Crippen molar-refractivity contribution in [2.75, 3.05) is 18.5 Å². The van der Waals surface area contributed by atoms with Crippen LogP contribution >= 0.6 is 0 Å². The monoisotopic (exact) mass is 347 g/mol. The van der Waals surface area contributed by atoms with Crippen LogP contribution in [0.25, 0.3) is 10.9 Å². The number of ether oxygens (including phenoxy) is 1. The van der Waals surface area contributed by atoms with Gasteiger partial charge in [-0.25, -0.2) is 4.98 Å². The smallest absolute Gasteiger partial charge is 0.161 e. The number of carbonyl (C=O) groups excluding carboxylic acids is 1. The molecule has 1 fully saturated rings. The van der Waals surface area contributed by atoms with E-state index in [-0.39, 0.29) is 11.8 Å². The first-order valence-corrected chi connectivity index (χ1v) is 8.84. The van der Waals surface area contributed by atoms with Crippen molar-refractivity contribution in [2.24, 2.45) is 5.92 Å². The summed E-state index contributed by atoms with van der Waals surface area (Å²) in [6.45, 7) is 2.92. The number of rotatable bonds is 5. The van der Waals surface area contributed by atoms with Crippen LogP contribution in [-0.2, 0) is 11.2 Å². The molecular formula is C21H21N3O2. The molecule has 0 spiro atoms. The van der Waals surface area contributed by atoms with Gasteiger partial charge in [-0.3, -0.25) is 9.78 Å². The summed E-state index contributed by atoms with van der Waals surface area (Å²) in [4.78, 5) is 20.2.